The third kappa shape index (κ3) is 4.55. The Morgan fingerprint density at radius 1 is 1.19 bits per heavy atom. The predicted molar refractivity (Wildman–Crippen MR) is 127 cm³/mol. The second-order valence-corrected chi connectivity index (χ2v) is 8.76. The normalized spacial score (nSPS) is 20.5. The molecule has 1 fully saturated rings. The number of aromatic nitrogens is 1. The topological polar surface area (TPSA) is 67.8 Å². The first kappa shape index (κ1) is 22.8. The van der Waals surface area contributed by atoms with Crippen molar-refractivity contribution in [3.05, 3.63) is 77.3 Å². The highest BCUT2D eigenvalue weighted by atomic mass is 32.2. The van der Waals surface area contributed by atoms with Crippen LogP contribution in [-0.4, -0.2) is 28.5 Å². The first-order chi connectivity index (χ1) is 15.6. The molecule has 2 aliphatic heterocycles. The number of nitrogens with zero attached hydrogens (tertiary/aromatic N) is 2. The Morgan fingerprint density at radius 2 is 1.97 bits per heavy atom. The van der Waals surface area contributed by atoms with Gasteiger partial charge >= 0.3 is 0 Å². The summed E-state index contributed by atoms with van der Waals surface area (Å²) in [6.45, 7) is 7.19. The summed E-state index contributed by atoms with van der Waals surface area (Å²) in [7, 11) is 0. The van der Waals surface area contributed by atoms with E-state index in [1.54, 1.807) is 6.92 Å². The SMILES string of the molecule is C/C=C1/NC2(CCN(OONSCc3ccccc3C(C)=O)CC2)c2cccn2/C1=C/C. The molecule has 4 rings (SSSR count). The van der Waals surface area contributed by atoms with Crippen molar-refractivity contribution >= 4 is 23.4 Å². The third-order valence-corrected chi connectivity index (χ3v) is 6.79. The molecule has 0 saturated carbocycles. The van der Waals surface area contributed by atoms with E-state index < -0.39 is 0 Å². The number of hydrogen-bond donors (Lipinski definition) is 2. The predicted octanol–water partition coefficient (Wildman–Crippen LogP) is 4.57. The van der Waals surface area contributed by atoms with Gasteiger partial charge in [-0.1, -0.05) is 36.4 Å². The number of ketones is 1. The molecule has 7 nitrogen and oxygen atoms in total. The van der Waals surface area contributed by atoms with Gasteiger partial charge in [-0.3, -0.25) is 4.79 Å². The molecule has 2 aromatic rings. The third-order valence-electron chi connectivity index (χ3n) is 6.15. The van der Waals surface area contributed by atoms with Gasteiger partial charge in [0.2, 0.25) is 0 Å². The molecule has 8 heteroatoms. The lowest BCUT2D eigenvalue weighted by molar-refractivity contribution is -0.445. The number of carbonyl (C=O) groups excluding carboxylic acids is 1. The number of fused-ring (bicyclic) bond motifs is 2. The maximum absolute atomic E-state index is 11.7. The van der Waals surface area contributed by atoms with Crippen LogP contribution in [-0.2, 0) is 21.3 Å². The van der Waals surface area contributed by atoms with Gasteiger partial charge in [0.15, 0.2) is 5.78 Å². The van der Waals surface area contributed by atoms with Crippen molar-refractivity contribution in [2.75, 3.05) is 13.1 Å². The molecule has 32 heavy (non-hydrogen) atoms. The zero-order valence-electron chi connectivity index (χ0n) is 18.8. The van der Waals surface area contributed by atoms with Crippen LogP contribution in [0.2, 0.25) is 0 Å². The fraction of sp³-hybridized carbons (Fsp3) is 0.375. The van der Waals surface area contributed by atoms with Crippen molar-refractivity contribution in [2.45, 2.75) is 44.9 Å². The molecule has 170 valence electrons. The quantitative estimate of drug-likeness (QED) is 0.209. The fourth-order valence-electron chi connectivity index (χ4n) is 4.52. The van der Waals surface area contributed by atoms with Crippen LogP contribution in [0, 0.1) is 0 Å². The number of allylic oxidation sites excluding steroid dienone is 3. The van der Waals surface area contributed by atoms with Crippen LogP contribution in [0.4, 0.5) is 0 Å². The highest BCUT2D eigenvalue weighted by molar-refractivity contribution is 7.96. The highest BCUT2D eigenvalue weighted by Crippen LogP contribution is 2.40. The van der Waals surface area contributed by atoms with Crippen LogP contribution >= 0.6 is 11.9 Å². The van der Waals surface area contributed by atoms with Gasteiger partial charge in [-0.25, -0.2) is 0 Å². The Kier molecular flexibility index (Phi) is 7.17. The highest BCUT2D eigenvalue weighted by Gasteiger charge is 2.42. The molecule has 1 saturated heterocycles. The van der Waals surface area contributed by atoms with E-state index in [4.69, 9.17) is 9.98 Å². The average Bonchev–Trinajstić information content (AvgIpc) is 3.31. The standard InChI is InChI=1S/C24H30N4O3S/c1-4-21-22(5-2)28-14-8-11-23(28)24(25-21)12-15-27(16-13-24)31-30-26-32-17-19-9-6-7-10-20(19)18(3)29/h4-11,14,25-26H,12-13,15-17H2,1-3H3/b21-4+,22-5+. The summed E-state index contributed by atoms with van der Waals surface area (Å²) < 4.78 is 2.29. The van der Waals surface area contributed by atoms with Crippen molar-refractivity contribution in [3.8, 4) is 0 Å². The van der Waals surface area contributed by atoms with Gasteiger partial charge in [0.05, 0.1) is 16.9 Å². The fourth-order valence-corrected chi connectivity index (χ4v) is 5.07. The molecule has 0 amide bonds. The average molecular weight is 455 g/mol. The summed E-state index contributed by atoms with van der Waals surface area (Å²) in [6.07, 6.45) is 8.20. The number of nitrogens with one attached hydrogen (secondary N) is 2. The summed E-state index contributed by atoms with van der Waals surface area (Å²) >= 11 is 1.34. The zero-order valence-corrected chi connectivity index (χ0v) is 19.6. The molecule has 0 unspecified atom stereocenters. The minimum atomic E-state index is -0.115. The Balaban J connectivity index is 1.28. The second kappa shape index (κ2) is 10.1. The van der Waals surface area contributed by atoms with Crippen LogP contribution in [0.1, 0.15) is 55.2 Å². The summed E-state index contributed by atoms with van der Waals surface area (Å²) in [5.74, 6) is 0.661. The molecule has 0 atom stereocenters. The number of Topliss-reactive ketones (excluding diaryl/α,β-unsaturated/α-hetero) is 1. The minimum Gasteiger partial charge on any atom is -0.373 e. The second-order valence-electron chi connectivity index (χ2n) is 8.02. The maximum Gasteiger partial charge on any atom is 0.160 e. The number of piperidine rings is 1. The van der Waals surface area contributed by atoms with Crippen molar-refractivity contribution in [1.29, 1.82) is 0 Å². The summed E-state index contributed by atoms with van der Waals surface area (Å²) in [5.41, 5.74) is 5.21. The van der Waals surface area contributed by atoms with Gasteiger partial charge in [-0.15, -0.1) is 14.9 Å². The molecule has 2 N–H and O–H groups in total. The monoisotopic (exact) mass is 454 g/mol. The number of hydroxylamine groups is 2. The van der Waals surface area contributed by atoms with Gasteiger partial charge in [-0.2, -0.15) is 5.06 Å². The van der Waals surface area contributed by atoms with E-state index in [0.29, 0.717) is 5.75 Å². The summed E-state index contributed by atoms with van der Waals surface area (Å²) in [6, 6.07) is 11.9. The molecule has 1 aromatic heterocycles. The Hall–Kier alpha value is -2.36. The van der Waals surface area contributed by atoms with Crippen LogP contribution < -0.4 is 10.2 Å². The van der Waals surface area contributed by atoms with Gasteiger partial charge in [0, 0.05) is 36.3 Å². The van der Waals surface area contributed by atoms with E-state index in [9.17, 15) is 4.79 Å². The van der Waals surface area contributed by atoms with E-state index in [1.807, 2.05) is 29.3 Å². The minimum absolute atomic E-state index is 0.0608. The smallest absolute Gasteiger partial charge is 0.160 e. The molecule has 1 aromatic carbocycles. The van der Waals surface area contributed by atoms with Crippen molar-refractivity contribution < 1.29 is 14.8 Å². The van der Waals surface area contributed by atoms with Crippen molar-refractivity contribution in [2.24, 2.45) is 0 Å². The summed E-state index contributed by atoms with van der Waals surface area (Å²) in [5, 5.41) is 5.62. The van der Waals surface area contributed by atoms with E-state index in [-0.39, 0.29) is 11.3 Å². The number of hydrogen-bond acceptors (Lipinski definition) is 7. The molecular formula is C24H30N4O3S. The summed E-state index contributed by atoms with van der Waals surface area (Å²) in [4.78, 5) is 25.2. The van der Waals surface area contributed by atoms with Crippen LogP contribution in [0.25, 0.3) is 5.70 Å². The lowest BCUT2D eigenvalue weighted by Gasteiger charge is -2.46. The van der Waals surface area contributed by atoms with Crippen molar-refractivity contribution in [1.82, 2.24) is 19.8 Å². The molecule has 0 radical (unpaired) electrons. The van der Waals surface area contributed by atoms with Gasteiger partial charge in [-0.05, 0) is 63.3 Å². The molecule has 0 bridgehead atoms. The first-order valence-electron chi connectivity index (χ1n) is 10.9. The molecule has 3 heterocycles. The molecule has 2 aliphatic rings. The number of rotatable bonds is 7. The largest absolute Gasteiger partial charge is 0.373 e. The number of benzene rings is 1. The van der Waals surface area contributed by atoms with Gasteiger partial charge in [0.1, 0.15) is 0 Å². The Labute approximate surface area is 193 Å². The first-order valence-corrected chi connectivity index (χ1v) is 11.9. The lowest BCUT2D eigenvalue weighted by Crippen LogP contribution is -2.54. The van der Waals surface area contributed by atoms with E-state index in [0.717, 1.165) is 42.8 Å². The van der Waals surface area contributed by atoms with Gasteiger partial charge in [0.25, 0.3) is 0 Å². The van der Waals surface area contributed by atoms with Crippen LogP contribution in [0.15, 0.2) is 60.4 Å². The molecular weight excluding hydrogens is 424 g/mol. The molecule has 0 aliphatic carbocycles. The Bertz CT molecular complexity index is 1020. The van der Waals surface area contributed by atoms with E-state index in [1.165, 1.54) is 23.3 Å². The van der Waals surface area contributed by atoms with Crippen LogP contribution in [0.3, 0.4) is 0 Å². The zero-order chi connectivity index (χ0) is 22.6. The number of carbonyl (C=O) groups is 1. The van der Waals surface area contributed by atoms with Crippen molar-refractivity contribution in [3.63, 3.8) is 0 Å². The van der Waals surface area contributed by atoms with E-state index >= 15 is 0 Å². The van der Waals surface area contributed by atoms with Crippen LogP contribution in [0.5, 0.6) is 0 Å². The lowest BCUT2D eigenvalue weighted by atomic mass is 9.82. The maximum atomic E-state index is 11.7. The molecule has 1 spiro atoms. The van der Waals surface area contributed by atoms with Gasteiger partial charge < -0.3 is 9.88 Å². The Morgan fingerprint density at radius 3 is 2.69 bits per heavy atom. The van der Waals surface area contributed by atoms with E-state index in [2.05, 4.69) is 59.1 Å².